The molecule has 1 N–H and O–H groups in total. The molecule has 0 unspecified atom stereocenters. The molecule has 0 aliphatic heterocycles. The quantitative estimate of drug-likeness (QED) is 0.692. The van der Waals surface area contributed by atoms with Crippen molar-refractivity contribution >= 4 is 37.9 Å². The summed E-state index contributed by atoms with van der Waals surface area (Å²) in [5.74, 6) is 0.525. The predicted octanol–water partition coefficient (Wildman–Crippen LogP) is 4.49. The smallest absolute Gasteiger partial charge is 0.0587 e. The summed E-state index contributed by atoms with van der Waals surface area (Å²) in [5, 5.41) is 3.40. The van der Waals surface area contributed by atoms with Crippen molar-refractivity contribution in [1.29, 1.82) is 0 Å². The van der Waals surface area contributed by atoms with E-state index in [2.05, 4.69) is 75.3 Å². The van der Waals surface area contributed by atoms with E-state index in [0.717, 1.165) is 28.6 Å². The van der Waals surface area contributed by atoms with Crippen LogP contribution in [0.5, 0.6) is 0 Å². The zero-order valence-electron chi connectivity index (χ0n) is 11.7. The Morgan fingerprint density at radius 3 is 2.63 bits per heavy atom. The highest BCUT2D eigenvalue weighted by molar-refractivity contribution is 9.13. The molecule has 0 heterocycles. The van der Waals surface area contributed by atoms with Gasteiger partial charge in [0.15, 0.2) is 0 Å². The highest BCUT2D eigenvalue weighted by Crippen LogP contribution is 2.25. The minimum atomic E-state index is 0.525. The van der Waals surface area contributed by atoms with Gasteiger partial charge in [-0.05, 0) is 55.5 Å². The van der Waals surface area contributed by atoms with Crippen LogP contribution in [0.2, 0.25) is 0 Å². The molecular formula is C15H21Br2NO. The summed E-state index contributed by atoms with van der Waals surface area (Å²) in [7, 11) is 1.72. The van der Waals surface area contributed by atoms with Gasteiger partial charge in [0.1, 0.15) is 0 Å². The number of hydrogen-bond acceptors (Lipinski definition) is 2. The zero-order valence-corrected chi connectivity index (χ0v) is 14.8. The molecule has 1 rings (SSSR count). The van der Waals surface area contributed by atoms with Crippen LogP contribution >= 0.6 is 31.9 Å². The Labute approximate surface area is 132 Å². The summed E-state index contributed by atoms with van der Waals surface area (Å²) in [6.45, 7) is 6.96. The number of halogens is 2. The van der Waals surface area contributed by atoms with Crippen LogP contribution in [0.4, 0.5) is 0 Å². The lowest BCUT2D eigenvalue weighted by Crippen LogP contribution is -2.23. The van der Waals surface area contributed by atoms with E-state index in [1.807, 2.05) is 0 Å². The minimum absolute atomic E-state index is 0.525. The number of ether oxygens (including phenoxy) is 1. The molecule has 0 saturated heterocycles. The monoisotopic (exact) mass is 389 g/mol. The third-order valence-electron chi connectivity index (χ3n) is 2.85. The van der Waals surface area contributed by atoms with Crippen LogP contribution in [0.15, 0.2) is 32.7 Å². The van der Waals surface area contributed by atoms with Crippen LogP contribution in [-0.4, -0.2) is 26.8 Å². The minimum Gasteiger partial charge on any atom is -0.383 e. The standard InChI is InChI=1S/C15H21Br2NO/c1-11(2)13(10-18-6-7-19-3)8-12-4-5-14(16)15(17)9-12/h4-5,8-9,11,18H,6-7,10H2,1-3H3/b13-8-. The summed E-state index contributed by atoms with van der Waals surface area (Å²) in [6.07, 6.45) is 2.25. The molecule has 106 valence electrons. The summed E-state index contributed by atoms with van der Waals surface area (Å²) < 4.78 is 7.20. The van der Waals surface area contributed by atoms with Gasteiger partial charge >= 0.3 is 0 Å². The first-order valence-corrected chi connectivity index (χ1v) is 7.98. The maximum absolute atomic E-state index is 5.04. The van der Waals surface area contributed by atoms with Crippen molar-refractivity contribution in [3.8, 4) is 0 Å². The zero-order chi connectivity index (χ0) is 14.3. The molecule has 0 bridgehead atoms. The molecule has 0 atom stereocenters. The van der Waals surface area contributed by atoms with E-state index < -0.39 is 0 Å². The summed E-state index contributed by atoms with van der Waals surface area (Å²) in [6, 6.07) is 6.31. The third kappa shape index (κ3) is 6.21. The van der Waals surface area contributed by atoms with Gasteiger partial charge in [0, 0.05) is 29.1 Å². The Morgan fingerprint density at radius 2 is 2.05 bits per heavy atom. The second-order valence-corrected chi connectivity index (χ2v) is 6.43. The SMILES string of the molecule is COCCNC/C(=C/c1ccc(Br)c(Br)c1)C(C)C. The molecule has 1 aromatic rings. The van der Waals surface area contributed by atoms with Crippen LogP contribution in [0.3, 0.4) is 0 Å². The first kappa shape index (κ1) is 16.9. The van der Waals surface area contributed by atoms with E-state index >= 15 is 0 Å². The normalized spacial score (nSPS) is 12.2. The number of methoxy groups -OCH3 is 1. The number of nitrogens with one attached hydrogen (secondary N) is 1. The van der Waals surface area contributed by atoms with E-state index in [-0.39, 0.29) is 0 Å². The molecule has 0 aliphatic carbocycles. The van der Waals surface area contributed by atoms with E-state index in [9.17, 15) is 0 Å². The van der Waals surface area contributed by atoms with Gasteiger partial charge in [-0.1, -0.05) is 31.6 Å². The van der Waals surface area contributed by atoms with Gasteiger partial charge < -0.3 is 10.1 Å². The van der Waals surface area contributed by atoms with Crippen LogP contribution < -0.4 is 5.32 Å². The van der Waals surface area contributed by atoms with E-state index in [4.69, 9.17) is 4.74 Å². The lowest BCUT2D eigenvalue weighted by atomic mass is 10.0. The first-order valence-electron chi connectivity index (χ1n) is 6.39. The molecule has 0 aromatic heterocycles. The Kier molecular flexibility index (Phi) is 7.91. The fourth-order valence-electron chi connectivity index (χ4n) is 1.65. The van der Waals surface area contributed by atoms with Crippen LogP contribution in [0, 0.1) is 5.92 Å². The summed E-state index contributed by atoms with van der Waals surface area (Å²) >= 11 is 7.03. The van der Waals surface area contributed by atoms with E-state index in [1.165, 1.54) is 11.1 Å². The van der Waals surface area contributed by atoms with Crippen molar-refractivity contribution < 1.29 is 4.74 Å². The topological polar surface area (TPSA) is 21.3 Å². The number of hydrogen-bond donors (Lipinski definition) is 1. The van der Waals surface area contributed by atoms with Gasteiger partial charge in [-0.3, -0.25) is 0 Å². The van der Waals surface area contributed by atoms with Gasteiger partial charge in [0.05, 0.1) is 6.61 Å². The Morgan fingerprint density at radius 1 is 1.32 bits per heavy atom. The molecule has 4 heteroatoms. The molecule has 0 saturated carbocycles. The van der Waals surface area contributed by atoms with Crippen molar-refractivity contribution in [1.82, 2.24) is 5.32 Å². The molecule has 0 aliphatic rings. The van der Waals surface area contributed by atoms with E-state index in [0.29, 0.717) is 5.92 Å². The largest absolute Gasteiger partial charge is 0.383 e. The fraction of sp³-hybridized carbons (Fsp3) is 0.467. The Hall–Kier alpha value is -0.160. The van der Waals surface area contributed by atoms with Crippen molar-refractivity contribution in [3.63, 3.8) is 0 Å². The number of rotatable bonds is 7. The van der Waals surface area contributed by atoms with Gasteiger partial charge in [-0.25, -0.2) is 0 Å². The van der Waals surface area contributed by atoms with E-state index in [1.54, 1.807) is 7.11 Å². The second-order valence-electron chi connectivity index (χ2n) is 4.72. The average Bonchev–Trinajstić information content (AvgIpc) is 2.37. The molecule has 0 fully saturated rings. The van der Waals surface area contributed by atoms with Gasteiger partial charge in [-0.2, -0.15) is 0 Å². The Balaban J connectivity index is 2.73. The molecule has 0 amide bonds. The number of benzene rings is 1. The summed E-state index contributed by atoms with van der Waals surface area (Å²) in [5.41, 5.74) is 2.61. The van der Waals surface area contributed by atoms with Crippen molar-refractivity contribution in [2.75, 3.05) is 26.8 Å². The molecule has 2 nitrogen and oxygen atoms in total. The highest BCUT2D eigenvalue weighted by Gasteiger charge is 2.04. The summed E-state index contributed by atoms with van der Waals surface area (Å²) in [4.78, 5) is 0. The first-order chi connectivity index (χ1) is 9.04. The van der Waals surface area contributed by atoms with Crippen molar-refractivity contribution in [3.05, 3.63) is 38.3 Å². The lowest BCUT2D eigenvalue weighted by molar-refractivity contribution is 0.200. The molecule has 1 aromatic carbocycles. The van der Waals surface area contributed by atoms with Gasteiger partial charge in [0.2, 0.25) is 0 Å². The maximum Gasteiger partial charge on any atom is 0.0587 e. The van der Waals surface area contributed by atoms with Gasteiger partial charge in [0.25, 0.3) is 0 Å². The molecular weight excluding hydrogens is 370 g/mol. The van der Waals surface area contributed by atoms with Crippen LogP contribution in [-0.2, 0) is 4.74 Å². The molecule has 0 radical (unpaired) electrons. The highest BCUT2D eigenvalue weighted by atomic mass is 79.9. The molecule has 19 heavy (non-hydrogen) atoms. The van der Waals surface area contributed by atoms with Crippen LogP contribution in [0.1, 0.15) is 19.4 Å². The maximum atomic E-state index is 5.04. The average molecular weight is 391 g/mol. The van der Waals surface area contributed by atoms with Crippen LogP contribution in [0.25, 0.3) is 6.08 Å². The lowest BCUT2D eigenvalue weighted by Gasteiger charge is -2.13. The van der Waals surface area contributed by atoms with Crippen molar-refractivity contribution in [2.45, 2.75) is 13.8 Å². The fourth-order valence-corrected chi connectivity index (χ4v) is 2.29. The predicted molar refractivity (Wildman–Crippen MR) is 89.4 cm³/mol. The second kappa shape index (κ2) is 8.90. The van der Waals surface area contributed by atoms with Gasteiger partial charge in [-0.15, -0.1) is 0 Å². The van der Waals surface area contributed by atoms with Crippen molar-refractivity contribution in [2.24, 2.45) is 5.92 Å². The third-order valence-corrected chi connectivity index (χ3v) is 4.73. The molecule has 0 spiro atoms. The Bertz CT molecular complexity index is 430.